The van der Waals surface area contributed by atoms with Crippen LogP contribution in [0.1, 0.15) is 26.7 Å². The predicted octanol–water partition coefficient (Wildman–Crippen LogP) is 2.01. The summed E-state index contributed by atoms with van der Waals surface area (Å²) in [6, 6.07) is 0. The zero-order valence-electron chi connectivity index (χ0n) is 10.3. The maximum absolute atomic E-state index is 11.9. The molecule has 17 heavy (non-hydrogen) atoms. The standard InChI is InChI=1S/C13H18O4/c1-4-8-17-12(15)13(3)7-6-10(16-5-2)9-11(13)14/h4,9H,1,5-8H2,2-3H3. The first-order valence-corrected chi connectivity index (χ1v) is 5.70. The van der Waals surface area contributed by atoms with E-state index in [4.69, 9.17) is 9.47 Å². The first-order valence-electron chi connectivity index (χ1n) is 5.70. The molecule has 0 saturated heterocycles. The van der Waals surface area contributed by atoms with Gasteiger partial charge in [-0.15, -0.1) is 0 Å². The molecular weight excluding hydrogens is 220 g/mol. The molecule has 0 fully saturated rings. The molecule has 0 saturated carbocycles. The molecule has 1 unspecified atom stereocenters. The molecule has 1 atom stereocenters. The Morgan fingerprint density at radius 3 is 2.88 bits per heavy atom. The van der Waals surface area contributed by atoms with Gasteiger partial charge in [-0.25, -0.2) is 0 Å². The van der Waals surface area contributed by atoms with Gasteiger partial charge in [0.1, 0.15) is 12.0 Å². The highest BCUT2D eigenvalue weighted by Gasteiger charge is 2.43. The van der Waals surface area contributed by atoms with Gasteiger partial charge in [-0.2, -0.15) is 0 Å². The summed E-state index contributed by atoms with van der Waals surface area (Å²) in [6.07, 6.45) is 3.89. The molecule has 0 amide bonds. The van der Waals surface area contributed by atoms with E-state index < -0.39 is 11.4 Å². The number of allylic oxidation sites excluding steroid dienone is 2. The van der Waals surface area contributed by atoms with Crippen molar-refractivity contribution in [1.29, 1.82) is 0 Å². The van der Waals surface area contributed by atoms with Crippen molar-refractivity contribution >= 4 is 11.8 Å². The summed E-state index contributed by atoms with van der Waals surface area (Å²) in [5.74, 6) is -0.0954. The average Bonchev–Trinajstić information content (AvgIpc) is 2.31. The van der Waals surface area contributed by atoms with Gasteiger partial charge in [-0.1, -0.05) is 12.7 Å². The number of esters is 1. The Labute approximate surface area is 101 Å². The third kappa shape index (κ3) is 2.96. The summed E-state index contributed by atoms with van der Waals surface area (Å²) in [4.78, 5) is 23.7. The second-order valence-electron chi connectivity index (χ2n) is 4.13. The van der Waals surface area contributed by atoms with Crippen LogP contribution in [-0.2, 0) is 19.1 Å². The topological polar surface area (TPSA) is 52.6 Å². The van der Waals surface area contributed by atoms with E-state index >= 15 is 0 Å². The van der Waals surface area contributed by atoms with E-state index in [-0.39, 0.29) is 12.4 Å². The number of rotatable bonds is 5. The minimum absolute atomic E-state index is 0.129. The van der Waals surface area contributed by atoms with Crippen LogP contribution in [0, 0.1) is 5.41 Å². The Morgan fingerprint density at radius 2 is 2.35 bits per heavy atom. The third-order valence-corrected chi connectivity index (χ3v) is 2.82. The lowest BCUT2D eigenvalue weighted by molar-refractivity contribution is -0.158. The number of carbonyl (C=O) groups excluding carboxylic acids is 2. The lowest BCUT2D eigenvalue weighted by atomic mass is 9.77. The quantitative estimate of drug-likeness (QED) is 0.417. The van der Waals surface area contributed by atoms with E-state index in [0.717, 1.165) is 0 Å². The van der Waals surface area contributed by atoms with Crippen molar-refractivity contribution in [3.05, 3.63) is 24.5 Å². The highest BCUT2D eigenvalue weighted by molar-refractivity contribution is 6.09. The summed E-state index contributed by atoms with van der Waals surface area (Å²) in [5, 5.41) is 0. The molecule has 0 aromatic heterocycles. The molecule has 1 rings (SSSR count). The molecular formula is C13H18O4. The van der Waals surface area contributed by atoms with Gasteiger partial charge in [0.25, 0.3) is 0 Å². The average molecular weight is 238 g/mol. The molecule has 0 aromatic rings. The Bertz CT molecular complexity index is 356. The Balaban J connectivity index is 2.76. The van der Waals surface area contributed by atoms with Crippen LogP contribution in [0.15, 0.2) is 24.5 Å². The lowest BCUT2D eigenvalue weighted by Gasteiger charge is -2.28. The fraction of sp³-hybridized carbons (Fsp3) is 0.538. The summed E-state index contributed by atoms with van der Waals surface area (Å²) < 4.78 is 10.2. The van der Waals surface area contributed by atoms with Crippen LogP contribution >= 0.6 is 0 Å². The van der Waals surface area contributed by atoms with Gasteiger partial charge >= 0.3 is 5.97 Å². The monoisotopic (exact) mass is 238 g/mol. The minimum Gasteiger partial charge on any atom is -0.498 e. The van der Waals surface area contributed by atoms with E-state index in [9.17, 15) is 9.59 Å². The van der Waals surface area contributed by atoms with E-state index in [1.54, 1.807) is 6.92 Å². The van der Waals surface area contributed by atoms with Gasteiger partial charge in [0.2, 0.25) is 0 Å². The van der Waals surface area contributed by atoms with E-state index in [2.05, 4.69) is 6.58 Å². The zero-order valence-corrected chi connectivity index (χ0v) is 10.3. The summed E-state index contributed by atoms with van der Waals surface area (Å²) in [6.45, 7) is 7.58. The summed E-state index contributed by atoms with van der Waals surface area (Å²) >= 11 is 0. The van der Waals surface area contributed by atoms with Crippen molar-refractivity contribution in [1.82, 2.24) is 0 Å². The molecule has 0 aliphatic heterocycles. The highest BCUT2D eigenvalue weighted by Crippen LogP contribution is 2.33. The van der Waals surface area contributed by atoms with Crippen LogP contribution in [0.3, 0.4) is 0 Å². The van der Waals surface area contributed by atoms with Gasteiger partial charge in [0, 0.05) is 12.5 Å². The third-order valence-electron chi connectivity index (χ3n) is 2.82. The normalized spacial score (nSPS) is 23.9. The second kappa shape index (κ2) is 5.66. The first-order chi connectivity index (χ1) is 8.04. The van der Waals surface area contributed by atoms with Crippen molar-refractivity contribution < 1.29 is 19.1 Å². The van der Waals surface area contributed by atoms with Gasteiger partial charge in [-0.3, -0.25) is 9.59 Å². The Kier molecular flexibility index (Phi) is 4.49. The largest absolute Gasteiger partial charge is 0.498 e. The molecule has 0 N–H and O–H groups in total. The fourth-order valence-corrected chi connectivity index (χ4v) is 1.67. The molecule has 1 aliphatic carbocycles. The molecule has 0 radical (unpaired) electrons. The van der Waals surface area contributed by atoms with Crippen molar-refractivity contribution in [2.24, 2.45) is 5.41 Å². The zero-order chi connectivity index (χ0) is 12.9. The van der Waals surface area contributed by atoms with Crippen LogP contribution in [0.25, 0.3) is 0 Å². The summed E-state index contributed by atoms with van der Waals surface area (Å²) in [5.41, 5.74) is -1.08. The molecule has 0 aromatic carbocycles. The van der Waals surface area contributed by atoms with Gasteiger partial charge in [0.15, 0.2) is 5.78 Å². The molecule has 4 nitrogen and oxygen atoms in total. The van der Waals surface area contributed by atoms with Crippen LogP contribution in [-0.4, -0.2) is 25.0 Å². The van der Waals surface area contributed by atoms with Crippen molar-refractivity contribution in [2.45, 2.75) is 26.7 Å². The van der Waals surface area contributed by atoms with Gasteiger partial charge in [0.05, 0.1) is 12.4 Å². The molecule has 0 bridgehead atoms. The van der Waals surface area contributed by atoms with Crippen LogP contribution < -0.4 is 0 Å². The van der Waals surface area contributed by atoms with E-state index in [0.29, 0.717) is 25.2 Å². The number of hydrogen-bond acceptors (Lipinski definition) is 4. The fourth-order valence-electron chi connectivity index (χ4n) is 1.67. The molecule has 1 aliphatic rings. The number of ether oxygens (including phenoxy) is 2. The van der Waals surface area contributed by atoms with Crippen LogP contribution in [0.4, 0.5) is 0 Å². The predicted molar refractivity (Wildman–Crippen MR) is 63.2 cm³/mol. The molecule has 4 heteroatoms. The lowest BCUT2D eigenvalue weighted by Crippen LogP contribution is -2.39. The van der Waals surface area contributed by atoms with Crippen LogP contribution in [0.2, 0.25) is 0 Å². The molecule has 94 valence electrons. The Hall–Kier alpha value is -1.58. The molecule has 0 spiro atoms. The van der Waals surface area contributed by atoms with Gasteiger partial charge < -0.3 is 9.47 Å². The number of carbonyl (C=O) groups is 2. The van der Waals surface area contributed by atoms with Crippen LogP contribution in [0.5, 0.6) is 0 Å². The SMILES string of the molecule is C=CCOC(=O)C1(C)CCC(OCC)=CC1=O. The van der Waals surface area contributed by atoms with E-state index in [1.165, 1.54) is 12.2 Å². The van der Waals surface area contributed by atoms with Gasteiger partial charge in [-0.05, 0) is 20.3 Å². The second-order valence-corrected chi connectivity index (χ2v) is 4.13. The van der Waals surface area contributed by atoms with Crippen molar-refractivity contribution in [3.8, 4) is 0 Å². The van der Waals surface area contributed by atoms with E-state index in [1.807, 2.05) is 6.92 Å². The summed E-state index contributed by atoms with van der Waals surface area (Å²) in [7, 11) is 0. The maximum Gasteiger partial charge on any atom is 0.320 e. The maximum atomic E-state index is 11.9. The first kappa shape index (κ1) is 13.5. The smallest absolute Gasteiger partial charge is 0.320 e. The minimum atomic E-state index is -1.08. The number of hydrogen-bond donors (Lipinski definition) is 0. The van der Waals surface area contributed by atoms with Crippen molar-refractivity contribution in [2.75, 3.05) is 13.2 Å². The van der Waals surface area contributed by atoms with Crippen molar-refractivity contribution in [3.63, 3.8) is 0 Å². The number of ketones is 1. The molecule has 0 heterocycles. The Morgan fingerprint density at radius 1 is 1.65 bits per heavy atom. The highest BCUT2D eigenvalue weighted by atomic mass is 16.5.